The molecule has 0 spiro atoms. The normalized spacial score (nSPS) is 15.3. The molecule has 2 aromatic rings. The zero-order valence-electron chi connectivity index (χ0n) is 14.3. The molecule has 1 aliphatic rings. The van der Waals surface area contributed by atoms with E-state index in [1.807, 2.05) is 17.0 Å². The Morgan fingerprint density at radius 3 is 2.54 bits per heavy atom. The number of hydrogen-bond acceptors (Lipinski definition) is 4. The Kier molecular flexibility index (Phi) is 5.08. The van der Waals surface area contributed by atoms with E-state index in [1.165, 1.54) is 11.1 Å². The second-order valence-electron chi connectivity index (χ2n) is 6.55. The minimum absolute atomic E-state index is 0.0346. The Morgan fingerprint density at radius 2 is 1.88 bits per heavy atom. The van der Waals surface area contributed by atoms with E-state index >= 15 is 0 Å². The Balaban J connectivity index is 1.59. The summed E-state index contributed by atoms with van der Waals surface area (Å²) in [5, 5.41) is 3.21. The highest BCUT2D eigenvalue weighted by atomic mass is 16.2. The number of hydrogen-bond donors (Lipinski definition) is 1. The van der Waals surface area contributed by atoms with E-state index in [2.05, 4.69) is 41.3 Å². The molecular weight excluding hydrogens is 300 g/mol. The molecule has 1 amide bonds. The van der Waals surface area contributed by atoms with Crippen molar-refractivity contribution < 1.29 is 4.79 Å². The van der Waals surface area contributed by atoms with Gasteiger partial charge in [-0.1, -0.05) is 31.2 Å². The SMILES string of the molecule is Cc1ccccc1CNc1ncc(C(=O)N2CCC(C)CC2)cn1. The Bertz CT molecular complexity index is 691. The van der Waals surface area contributed by atoms with Gasteiger partial charge in [0.05, 0.1) is 5.56 Å². The van der Waals surface area contributed by atoms with Crippen LogP contribution in [0.15, 0.2) is 36.7 Å². The molecular formula is C19H24N4O. The van der Waals surface area contributed by atoms with Crippen LogP contribution in [-0.4, -0.2) is 33.9 Å². The Morgan fingerprint density at radius 1 is 1.21 bits per heavy atom. The number of nitrogens with one attached hydrogen (secondary N) is 1. The van der Waals surface area contributed by atoms with Gasteiger partial charge in [-0.3, -0.25) is 4.79 Å². The molecule has 3 rings (SSSR count). The van der Waals surface area contributed by atoms with Gasteiger partial charge >= 0.3 is 0 Å². The van der Waals surface area contributed by atoms with Crippen LogP contribution in [0.3, 0.4) is 0 Å². The molecule has 24 heavy (non-hydrogen) atoms. The van der Waals surface area contributed by atoms with E-state index < -0.39 is 0 Å². The van der Waals surface area contributed by atoms with E-state index in [1.54, 1.807) is 12.4 Å². The van der Waals surface area contributed by atoms with Gasteiger partial charge in [-0.25, -0.2) is 9.97 Å². The van der Waals surface area contributed by atoms with Crippen molar-refractivity contribution in [2.24, 2.45) is 5.92 Å². The summed E-state index contributed by atoms with van der Waals surface area (Å²) in [6, 6.07) is 8.21. The van der Waals surface area contributed by atoms with Crippen molar-refractivity contribution in [1.29, 1.82) is 0 Å². The van der Waals surface area contributed by atoms with Crippen LogP contribution in [0.2, 0.25) is 0 Å². The zero-order chi connectivity index (χ0) is 16.9. The summed E-state index contributed by atoms with van der Waals surface area (Å²) in [7, 11) is 0. The van der Waals surface area contributed by atoms with Crippen molar-refractivity contribution in [2.45, 2.75) is 33.2 Å². The zero-order valence-corrected chi connectivity index (χ0v) is 14.3. The van der Waals surface area contributed by atoms with Crippen LogP contribution in [0.4, 0.5) is 5.95 Å². The Hall–Kier alpha value is -2.43. The van der Waals surface area contributed by atoms with Crippen LogP contribution in [0.1, 0.15) is 41.3 Å². The molecule has 0 radical (unpaired) electrons. The predicted molar refractivity (Wildman–Crippen MR) is 94.8 cm³/mol. The van der Waals surface area contributed by atoms with Gasteiger partial charge in [0.15, 0.2) is 0 Å². The van der Waals surface area contributed by atoms with Gasteiger partial charge in [-0.05, 0) is 36.8 Å². The van der Waals surface area contributed by atoms with E-state index in [-0.39, 0.29) is 5.91 Å². The molecule has 0 unspecified atom stereocenters. The first-order chi connectivity index (χ1) is 11.6. The fourth-order valence-corrected chi connectivity index (χ4v) is 2.91. The van der Waals surface area contributed by atoms with Gasteiger partial charge in [0.25, 0.3) is 5.91 Å². The van der Waals surface area contributed by atoms with Crippen molar-refractivity contribution in [3.05, 3.63) is 53.3 Å². The lowest BCUT2D eigenvalue weighted by Gasteiger charge is -2.30. The lowest BCUT2D eigenvalue weighted by molar-refractivity contribution is 0.0696. The maximum atomic E-state index is 12.5. The average Bonchev–Trinajstić information content (AvgIpc) is 2.62. The molecule has 5 heteroatoms. The lowest BCUT2D eigenvalue weighted by Crippen LogP contribution is -2.38. The third-order valence-corrected chi connectivity index (χ3v) is 4.67. The topological polar surface area (TPSA) is 58.1 Å². The van der Waals surface area contributed by atoms with E-state index in [0.717, 1.165) is 25.9 Å². The molecule has 0 atom stereocenters. The van der Waals surface area contributed by atoms with Crippen LogP contribution >= 0.6 is 0 Å². The first-order valence-electron chi connectivity index (χ1n) is 8.53. The number of amides is 1. The van der Waals surface area contributed by atoms with Crippen LogP contribution in [0.5, 0.6) is 0 Å². The standard InChI is InChI=1S/C19H24N4O/c1-14-7-9-23(10-8-14)18(24)17-12-21-19(22-13-17)20-11-16-6-4-3-5-15(16)2/h3-6,12-14H,7-11H2,1-2H3,(H,20,21,22). The summed E-state index contributed by atoms with van der Waals surface area (Å²) in [6.07, 6.45) is 5.38. The largest absolute Gasteiger partial charge is 0.350 e. The van der Waals surface area contributed by atoms with Gasteiger partial charge in [-0.15, -0.1) is 0 Å². The first-order valence-corrected chi connectivity index (χ1v) is 8.53. The van der Waals surface area contributed by atoms with Crippen LogP contribution in [0, 0.1) is 12.8 Å². The van der Waals surface area contributed by atoms with Crippen LogP contribution in [-0.2, 0) is 6.54 Å². The molecule has 1 saturated heterocycles. The molecule has 2 heterocycles. The number of piperidine rings is 1. The number of anilines is 1. The number of benzene rings is 1. The second kappa shape index (κ2) is 7.43. The number of nitrogens with zero attached hydrogens (tertiary/aromatic N) is 3. The van der Waals surface area contributed by atoms with Gasteiger partial charge < -0.3 is 10.2 Å². The van der Waals surface area contributed by atoms with E-state index in [0.29, 0.717) is 24.0 Å². The predicted octanol–water partition coefficient (Wildman–Crippen LogP) is 3.27. The summed E-state index contributed by atoms with van der Waals surface area (Å²) in [5.74, 6) is 1.28. The molecule has 1 aromatic carbocycles. The van der Waals surface area contributed by atoms with Crippen LogP contribution in [0.25, 0.3) is 0 Å². The molecule has 1 fully saturated rings. The highest BCUT2D eigenvalue weighted by Gasteiger charge is 2.21. The second-order valence-corrected chi connectivity index (χ2v) is 6.55. The molecule has 0 aliphatic carbocycles. The molecule has 126 valence electrons. The highest BCUT2D eigenvalue weighted by molar-refractivity contribution is 5.93. The summed E-state index contributed by atoms with van der Waals surface area (Å²) in [5.41, 5.74) is 3.01. The van der Waals surface area contributed by atoms with Crippen molar-refractivity contribution in [1.82, 2.24) is 14.9 Å². The average molecular weight is 324 g/mol. The monoisotopic (exact) mass is 324 g/mol. The van der Waals surface area contributed by atoms with Gasteiger partial charge in [-0.2, -0.15) is 0 Å². The third kappa shape index (κ3) is 3.91. The summed E-state index contributed by atoms with van der Waals surface area (Å²) >= 11 is 0. The fourth-order valence-electron chi connectivity index (χ4n) is 2.91. The minimum atomic E-state index is 0.0346. The maximum Gasteiger partial charge on any atom is 0.256 e. The van der Waals surface area contributed by atoms with Gasteiger partial charge in [0.1, 0.15) is 0 Å². The number of carbonyl (C=O) groups is 1. The number of aromatic nitrogens is 2. The molecule has 0 bridgehead atoms. The fraction of sp³-hybridized carbons (Fsp3) is 0.421. The molecule has 1 N–H and O–H groups in total. The third-order valence-electron chi connectivity index (χ3n) is 4.67. The molecule has 0 saturated carbocycles. The summed E-state index contributed by atoms with van der Waals surface area (Å²) in [4.78, 5) is 22.9. The maximum absolute atomic E-state index is 12.5. The van der Waals surface area contributed by atoms with Crippen molar-refractivity contribution in [3.8, 4) is 0 Å². The van der Waals surface area contributed by atoms with Crippen molar-refractivity contribution in [2.75, 3.05) is 18.4 Å². The number of likely N-dealkylation sites (tertiary alicyclic amines) is 1. The first kappa shape index (κ1) is 16.4. The van der Waals surface area contributed by atoms with E-state index in [4.69, 9.17) is 0 Å². The Labute approximate surface area is 143 Å². The number of rotatable bonds is 4. The van der Waals surface area contributed by atoms with Gasteiger partial charge in [0.2, 0.25) is 5.95 Å². The van der Waals surface area contributed by atoms with Crippen LogP contribution < -0.4 is 5.32 Å². The van der Waals surface area contributed by atoms with Crippen molar-refractivity contribution >= 4 is 11.9 Å². The molecule has 1 aromatic heterocycles. The van der Waals surface area contributed by atoms with Gasteiger partial charge in [0, 0.05) is 32.0 Å². The molecule has 1 aliphatic heterocycles. The van der Waals surface area contributed by atoms with Crippen molar-refractivity contribution in [3.63, 3.8) is 0 Å². The highest BCUT2D eigenvalue weighted by Crippen LogP contribution is 2.18. The lowest BCUT2D eigenvalue weighted by atomic mass is 9.99. The quantitative estimate of drug-likeness (QED) is 0.938. The number of aryl methyl sites for hydroxylation is 1. The van der Waals surface area contributed by atoms with E-state index in [9.17, 15) is 4.79 Å². The minimum Gasteiger partial charge on any atom is -0.350 e. The molecule has 5 nitrogen and oxygen atoms in total. The summed E-state index contributed by atoms with van der Waals surface area (Å²) in [6.45, 7) is 6.64. The summed E-state index contributed by atoms with van der Waals surface area (Å²) < 4.78 is 0. The smallest absolute Gasteiger partial charge is 0.256 e. The number of carbonyl (C=O) groups excluding carboxylic acids is 1.